The lowest BCUT2D eigenvalue weighted by Crippen LogP contribution is -2.10. The lowest BCUT2D eigenvalue weighted by molar-refractivity contribution is 0.647. The van der Waals surface area contributed by atoms with Crippen molar-refractivity contribution in [1.29, 1.82) is 0 Å². The minimum Gasteiger partial charge on any atom is -0.314 e. The zero-order valence-electron chi connectivity index (χ0n) is 9.64. The van der Waals surface area contributed by atoms with Gasteiger partial charge in [-0.15, -0.1) is 0 Å². The average Bonchev–Trinajstić information content (AvgIpc) is 2.66. The SMILES string of the molecule is CNCc1cccc(Cn2nccc2C)n1. The van der Waals surface area contributed by atoms with Gasteiger partial charge in [-0.1, -0.05) is 6.07 Å². The third-order valence-electron chi connectivity index (χ3n) is 2.46. The summed E-state index contributed by atoms with van der Waals surface area (Å²) >= 11 is 0. The maximum Gasteiger partial charge on any atom is 0.0834 e. The van der Waals surface area contributed by atoms with Crippen molar-refractivity contribution in [1.82, 2.24) is 20.1 Å². The fraction of sp³-hybridized carbons (Fsp3) is 0.333. The molecule has 0 fully saturated rings. The molecule has 0 saturated carbocycles. The van der Waals surface area contributed by atoms with E-state index < -0.39 is 0 Å². The highest BCUT2D eigenvalue weighted by Crippen LogP contribution is 2.04. The molecule has 0 amide bonds. The zero-order chi connectivity index (χ0) is 11.4. The maximum absolute atomic E-state index is 4.56. The molecule has 0 aliphatic heterocycles. The van der Waals surface area contributed by atoms with Crippen LogP contribution in [0.25, 0.3) is 0 Å². The van der Waals surface area contributed by atoms with Crippen molar-refractivity contribution >= 4 is 0 Å². The lowest BCUT2D eigenvalue weighted by Gasteiger charge is -2.06. The van der Waals surface area contributed by atoms with Gasteiger partial charge in [-0.3, -0.25) is 9.67 Å². The van der Waals surface area contributed by atoms with Crippen LogP contribution in [0, 0.1) is 6.92 Å². The van der Waals surface area contributed by atoms with Crippen LogP contribution < -0.4 is 5.32 Å². The van der Waals surface area contributed by atoms with Crippen LogP contribution in [0.3, 0.4) is 0 Å². The topological polar surface area (TPSA) is 42.7 Å². The normalized spacial score (nSPS) is 10.6. The molecule has 0 radical (unpaired) electrons. The molecule has 84 valence electrons. The first-order valence-electron chi connectivity index (χ1n) is 5.37. The zero-order valence-corrected chi connectivity index (χ0v) is 9.64. The first-order valence-corrected chi connectivity index (χ1v) is 5.37. The molecule has 2 heterocycles. The number of pyridine rings is 1. The van der Waals surface area contributed by atoms with E-state index in [1.54, 1.807) is 0 Å². The Hall–Kier alpha value is -1.68. The Morgan fingerprint density at radius 1 is 1.25 bits per heavy atom. The second kappa shape index (κ2) is 4.90. The minimum atomic E-state index is 0.733. The summed E-state index contributed by atoms with van der Waals surface area (Å²) < 4.78 is 1.95. The Labute approximate surface area is 95.3 Å². The van der Waals surface area contributed by atoms with Gasteiger partial charge in [0.2, 0.25) is 0 Å². The van der Waals surface area contributed by atoms with Gasteiger partial charge in [0.05, 0.1) is 17.9 Å². The van der Waals surface area contributed by atoms with E-state index >= 15 is 0 Å². The molecule has 0 unspecified atom stereocenters. The third kappa shape index (κ3) is 2.46. The summed E-state index contributed by atoms with van der Waals surface area (Å²) in [4.78, 5) is 4.56. The number of nitrogens with zero attached hydrogens (tertiary/aromatic N) is 3. The van der Waals surface area contributed by atoms with Gasteiger partial charge >= 0.3 is 0 Å². The summed E-state index contributed by atoms with van der Waals surface area (Å²) in [6, 6.07) is 8.08. The Morgan fingerprint density at radius 3 is 2.75 bits per heavy atom. The molecule has 2 rings (SSSR count). The standard InChI is InChI=1S/C12H16N4/c1-10-6-7-14-16(10)9-12-5-3-4-11(15-12)8-13-2/h3-7,13H,8-9H2,1-2H3. The van der Waals surface area contributed by atoms with E-state index in [1.807, 2.05) is 49.1 Å². The van der Waals surface area contributed by atoms with Crippen LogP contribution in [0.5, 0.6) is 0 Å². The average molecular weight is 216 g/mol. The largest absolute Gasteiger partial charge is 0.314 e. The van der Waals surface area contributed by atoms with Crippen molar-refractivity contribution in [3.05, 3.63) is 47.5 Å². The van der Waals surface area contributed by atoms with Gasteiger partial charge in [0, 0.05) is 18.4 Å². The lowest BCUT2D eigenvalue weighted by atomic mass is 10.3. The van der Waals surface area contributed by atoms with Crippen LogP contribution in [0.15, 0.2) is 30.5 Å². The molecular weight excluding hydrogens is 200 g/mol. The van der Waals surface area contributed by atoms with E-state index in [-0.39, 0.29) is 0 Å². The third-order valence-corrected chi connectivity index (χ3v) is 2.46. The van der Waals surface area contributed by atoms with Crippen molar-refractivity contribution in [2.45, 2.75) is 20.0 Å². The first kappa shape index (κ1) is 10.8. The van der Waals surface area contributed by atoms with Crippen LogP contribution in [-0.4, -0.2) is 21.8 Å². The summed E-state index contributed by atoms with van der Waals surface area (Å²) in [5.74, 6) is 0. The molecule has 16 heavy (non-hydrogen) atoms. The van der Waals surface area contributed by atoms with Gasteiger partial charge in [0.1, 0.15) is 0 Å². The molecule has 0 aromatic carbocycles. The van der Waals surface area contributed by atoms with Crippen molar-refractivity contribution in [3.8, 4) is 0 Å². The van der Waals surface area contributed by atoms with Gasteiger partial charge in [0.15, 0.2) is 0 Å². The minimum absolute atomic E-state index is 0.733. The molecule has 0 spiro atoms. The molecule has 2 aromatic heterocycles. The molecule has 0 atom stereocenters. The van der Waals surface area contributed by atoms with Crippen LogP contribution in [0.4, 0.5) is 0 Å². The maximum atomic E-state index is 4.56. The number of aromatic nitrogens is 3. The monoisotopic (exact) mass is 216 g/mol. The Kier molecular flexibility index (Phi) is 3.31. The van der Waals surface area contributed by atoms with Gasteiger partial charge < -0.3 is 5.32 Å². The highest BCUT2D eigenvalue weighted by molar-refractivity contribution is 5.12. The van der Waals surface area contributed by atoms with Crippen molar-refractivity contribution in [3.63, 3.8) is 0 Å². The molecule has 0 aliphatic carbocycles. The molecule has 1 N–H and O–H groups in total. The van der Waals surface area contributed by atoms with E-state index in [9.17, 15) is 0 Å². The van der Waals surface area contributed by atoms with Crippen LogP contribution >= 0.6 is 0 Å². The van der Waals surface area contributed by atoms with E-state index in [0.29, 0.717) is 0 Å². The molecule has 0 aliphatic rings. The summed E-state index contributed by atoms with van der Waals surface area (Å²) in [5, 5.41) is 7.34. The van der Waals surface area contributed by atoms with Crippen LogP contribution in [0.1, 0.15) is 17.1 Å². The van der Waals surface area contributed by atoms with E-state index in [2.05, 4.69) is 15.4 Å². The summed E-state index contributed by atoms with van der Waals surface area (Å²) in [6.07, 6.45) is 1.81. The molecule has 0 bridgehead atoms. The highest BCUT2D eigenvalue weighted by Gasteiger charge is 2.01. The molecule has 0 saturated heterocycles. The predicted molar refractivity (Wildman–Crippen MR) is 63.1 cm³/mol. The quantitative estimate of drug-likeness (QED) is 0.839. The molecule has 4 nitrogen and oxygen atoms in total. The molecule has 4 heteroatoms. The van der Waals surface area contributed by atoms with Gasteiger partial charge in [-0.25, -0.2) is 0 Å². The summed E-state index contributed by atoms with van der Waals surface area (Å²) in [5.41, 5.74) is 3.25. The fourth-order valence-electron chi connectivity index (χ4n) is 1.61. The van der Waals surface area contributed by atoms with Gasteiger partial charge in [0.25, 0.3) is 0 Å². The van der Waals surface area contributed by atoms with E-state index in [4.69, 9.17) is 0 Å². The first-order chi connectivity index (χ1) is 7.79. The summed E-state index contributed by atoms with van der Waals surface area (Å²) in [6.45, 7) is 3.58. The summed E-state index contributed by atoms with van der Waals surface area (Å²) in [7, 11) is 1.92. The number of hydrogen-bond acceptors (Lipinski definition) is 3. The highest BCUT2D eigenvalue weighted by atomic mass is 15.3. The van der Waals surface area contributed by atoms with Crippen LogP contribution in [-0.2, 0) is 13.1 Å². The Bertz CT molecular complexity index is 462. The van der Waals surface area contributed by atoms with E-state index in [0.717, 1.165) is 30.2 Å². The van der Waals surface area contributed by atoms with Crippen molar-refractivity contribution in [2.24, 2.45) is 0 Å². The van der Waals surface area contributed by atoms with Crippen molar-refractivity contribution < 1.29 is 0 Å². The number of aryl methyl sites for hydroxylation is 1. The smallest absolute Gasteiger partial charge is 0.0834 e. The van der Waals surface area contributed by atoms with Gasteiger partial charge in [-0.05, 0) is 32.2 Å². The van der Waals surface area contributed by atoms with Gasteiger partial charge in [-0.2, -0.15) is 5.10 Å². The predicted octanol–water partition coefficient (Wildman–Crippen LogP) is 1.35. The number of nitrogens with one attached hydrogen (secondary N) is 1. The van der Waals surface area contributed by atoms with Crippen LogP contribution in [0.2, 0.25) is 0 Å². The second-order valence-electron chi connectivity index (χ2n) is 3.78. The second-order valence-corrected chi connectivity index (χ2v) is 3.78. The number of rotatable bonds is 4. The molecule has 2 aromatic rings. The fourth-order valence-corrected chi connectivity index (χ4v) is 1.61. The number of hydrogen-bond donors (Lipinski definition) is 1. The molecular formula is C12H16N4. The Balaban J connectivity index is 2.15. The van der Waals surface area contributed by atoms with Crippen molar-refractivity contribution in [2.75, 3.05) is 7.05 Å². The Morgan fingerprint density at radius 2 is 2.06 bits per heavy atom. The van der Waals surface area contributed by atoms with E-state index in [1.165, 1.54) is 0 Å².